The lowest BCUT2D eigenvalue weighted by molar-refractivity contribution is 0.264. The van der Waals surface area contributed by atoms with Crippen LogP contribution in [-0.2, 0) is 13.0 Å². The molecule has 20 heavy (non-hydrogen) atoms. The van der Waals surface area contributed by atoms with Gasteiger partial charge in [0.25, 0.3) is 0 Å². The number of nitrogens with one attached hydrogen (secondary N) is 1. The van der Waals surface area contributed by atoms with Gasteiger partial charge in [-0.25, -0.2) is 9.97 Å². The second-order valence-corrected chi connectivity index (χ2v) is 5.74. The van der Waals surface area contributed by atoms with Crippen molar-refractivity contribution in [1.82, 2.24) is 20.2 Å². The van der Waals surface area contributed by atoms with Gasteiger partial charge in [0.05, 0.1) is 5.69 Å². The molecule has 110 valence electrons. The summed E-state index contributed by atoms with van der Waals surface area (Å²) in [6.45, 7) is 11.8. The average Bonchev–Trinajstić information content (AvgIpc) is 2.76. The van der Waals surface area contributed by atoms with Crippen LogP contribution in [0.1, 0.15) is 30.3 Å². The van der Waals surface area contributed by atoms with Crippen molar-refractivity contribution in [3.63, 3.8) is 0 Å². The number of aryl methyl sites for hydroxylation is 1. The lowest BCUT2D eigenvalue weighted by atomic mass is 10.0. The summed E-state index contributed by atoms with van der Waals surface area (Å²) < 4.78 is 0. The molecular formula is C15H25N5. The second-order valence-electron chi connectivity index (χ2n) is 5.74. The first-order chi connectivity index (χ1) is 9.78. The van der Waals surface area contributed by atoms with E-state index in [2.05, 4.69) is 29.0 Å². The maximum absolute atomic E-state index is 4.87. The van der Waals surface area contributed by atoms with Gasteiger partial charge in [-0.3, -0.25) is 4.90 Å². The summed E-state index contributed by atoms with van der Waals surface area (Å²) in [5.74, 6) is 0.940. The van der Waals surface area contributed by atoms with E-state index >= 15 is 0 Å². The lowest BCUT2D eigenvalue weighted by Crippen LogP contribution is -2.34. The predicted octanol–water partition coefficient (Wildman–Crippen LogP) is 0.963. The summed E-state index contributed by atoms with van der Waals surface area (Å²) in [6, 6.07) is 0. The Kier molecular flexibility index (Phi) is 4.17. The summed E-state index contributed by atoms with van der Waals surface area (Å²) in [6.07, 6.45) is 2.23. The van der Waals surface area contributed by atoms with Crippen molar-refractivity contribution in [2.75, 3.05) is 44.2 Å². The molecule has 0 unspecified atom stereocenters. The van der Waals surface area contributed by atoms with Crippen LogP contribution in [0.4, 0.5) is 5.95 Å². The van der Waals surface area contributed by atoms with E-state index in [-0.39, 0.29) is 0 Å². The molecule has 1 aromatic rings. The number of hydrogen-bond acceptors (Lipinski definition) is 5. The normalized spacial score (nSPS) is 20.6. The molecule has 5 nitrogen and oxygen atoms in total. The maximum Gasteiger partial charge on any atom is 0.225 e. The highest BCUT2D eigenvalue weighted by molar-refractivity contribution is 5.38. The van der Waals surface area contributed by atoms with Crippen molar-refractivity contribution >= 4 is 5.95 Å². The van der Waals surface area contributed by atoms with Crippen molar-refractivity contribution in [2.24, 2.45) is 0 Å². The first-order valence-electron chi connectivity index (χ1n) is 7.82. The van der Waals surface area contributed by atoms with Gasteiger partial charge in [-0.05, 0) is 26.4 Å². The molecule has 0 saturated carbocycles. The third-order valence-electron chi connectivity index (χ3n) is 4.40. The number of aromatic nitrogens is 2. The van der Waals surface area contributed by atoms with E-state index in [0.717, 1.165) is 58.2 Å². The monoisotopic (exact) mass is 275 g/mol. The molecule has 2 aliphatic heterocycles. The molecule has 0 aromatic carbocycles. The van der Waals surface area contributed by atoms with Gasteiger partial charge in [-0.15, -0.1) is 0 Å². The van der Waals surface area contributed by atoms with Gasteiger partial charge in [0.1, 0.15) is 0 Å². The number of fused-ring (bicyclic) bond motifs is 1. The van der Waals surface area contributed by atoms with Crippen molar-refractivity contribution in [1.29, 1.82) is 0 Å². The minimum absolute atomic E-state index is 0.940. The Morgan fingerprint density at radius 2 is 2.05 bits per heavy atom. The largest absolute Gasteiger partial charge is 0.339 e. The van der Waals surface area contributed by atoms with Crippen LogP contribution < -0.4 is 10.2 Å². The molecule has 0 bridgehead atoms. The summed E-state index contributed by atoms with van der Waals surface area (Å²) in [5.41, 5.74) is 3.80. The Morgan fingerprint density at radius 1 is 1.15 bits per heavy atom. The number of nitrogens with zero attached hydrogens (tertiary/aromatic N) is 4. The topological polar surface area (TPSA) is 44.3 Å². The maximum atomic E-state index is 4.87. The van der Waals surface area contributed by atoms with Crippen molar-refractivity contribution in [2.45, 2.75) is 33.2 Å². The molecule has 1 fully saturated rings. The zero-order valence-corrected chi connectivity index (χ0v) is 12.7. The fraction of sp³-hybridized carbons (Fsp3) is 0.733. The van der Waals surface area contributed by atoms with E-state index in [9.17, 15) is 0 Å². The molecule has 1 aromatic heterocycles. The summed E-state index contributed by atoms with van der Waals surface area (Å²) >= 11 is 0. The van der Waals surface area contributed by atoms with Crippen LogP contribution >= 0.6 is 0 Å². The van der Waals surface area contributed by atoms with Gasteiger partial charge in [0.2, 0.25) is 5.95 Å². The lowest BCUT2D eigenvalue weighted by Gasteiger charge is -2.29. The molecule has 0 atom stereocenters. The van der Waals surface area contributed by atoms with E-state index in [1.807, 2.05) is 0 Å². The van der Waals surface area contributed by atoms with E-state index < -0.39 is 0 Å². The number of anilines is 1. The quantitative estimate of drug-likeness (QED) is 0.871. The molecule has 2 aliphatic rings. The Morgan fingerprint density at radius 3 is 2.90 bits per heavy atom. The fourth-order valence-electron chi connectivity index (χ4n) is 3.08. The van der Waals surface area contributed by atoms with Crippen LogP contribution in [0, 0.1) is 6.92 Å². The number of rotatable bonds is 2. The highest BCUT2D eigenvalue weighted by Gasteiger charge is 2.21. The smallest absolute Gasteiger partial charge is 0.225 e. The molecule has 0 amide bonds. The van der Waals surface area contributed by atoms with Crippen molar-refractivity contribution in [3.05, 3.63) is 17.0 Å². The molecule has 3 rings (SSSR count). The Balaban J connectivity index is 1.85. The molecule has 0 radical (unpaired) electrons. The molecule has 1 N–H and O–H groups in total. The third kappa shape index (κ3) is 2.79. The van der Waals surface area contributed by atoms with Gasteiger partial charge >= 0.3 is 0 Å². The fourth-order valence-corrected chi connectivity index (χ4v) is 3.08. The molecule has 3 heterocycles. The van der Waals surface area contributed by atoms with Gasteiger partial charge in [0.15, 0.2) is 0 Å². The Labute approximate surface area is 121 Å². The van der Waals surface area contributed by atoms with Gasteiger partial charge in [-0.2, -0.15) is 0 Å². The van der Waals surface area contributed by atoms with Gasteiger partial charge < -0.3 is 10.2 Å². The molecule has 5 heteroatoms. The van der Waals surface area contributed by atoms with Crippen LogP contribution in [0.25, 0.3) is 0 Å². The van der Waals surface area contributed by atoms with Crippen molar-refractivity contribution in [3.8, 4) is 0 Å². The second kappa shape index (κ2) is 6.06. The molecular weight excluding hydrogens is 250 g/mol. The molecule has 0 aliphatic carbocycles. The highest BCUT2D eigenvalue weighted by atomic mass is 15.3. The first-order valence-corrected chi connectivity index (χ1v) is 7.82. The highest BCUT2D eigenvalue weighted by Crippen LogP contribution is 2.22. The first kappa shape index (κ1) is 13.8. The summed E-state index contributed by atoms with van der Waals surface area (Å²) in [5, 5.41) is 3.43. The van der Waals surface area contributed by atoms with Crippen LogP contribution in [0.3, 0.4) is 0 Å². The van der Waals surface area contributed by atoms with Crippen LogP contribution in [0.2, 0.25) is 0 Å². The summed E-state index contributed by atoms with van der Waals surface area (Å²) in [4.78, 5) is 14.4. The zero-order chi connectivity index (χ0) is 13.9. The molecule has 0 spiro atoms. The van der Waals surface area contributed by atoms with Crippen LogP contribution in [-0.4, -0.2) is 54.1 Å². The Hall–Kier alpha value is -1.20. The van der Waals surface area contributed by atoms with Crippen LogP contribution in [0.15, 0.2) is 0 Å². The van der Waals surface area contributed by atoms with Gasteiger partial charge in [-0.1, -0.05) is 6.92 Å². The minimum atomic E-state index is 0.940. The average molecular weight is 275 g/mol. The van der Waals surface area contributed by atoms with Gasteiger partial charge in [0, 0.05) is 50.4 Å². The zero-order valence-electron chi connectivity index (χ0n) is 12.7. The van der Waals surface area contributed by atoms with E-state index in [1.54, 1.807) is 0 Å². The van der Waals surface area contributed by atoms with E-state index in [1.165, 1.54) is 23.4 Å². The van der Waals surface area contributed by atoms with Crippen LogP contribution in [0.5, 0.6) is 0 Å². The predicted molar refractivity (Wildman–Crippen MR) is 81.1 cm³/mol. The molecule has 1 saturated heterocycles. The van der Waals surface area contributed by atoms with Crippen molar-refractivity contribution < 1.29 is 0 Å². The minimum Gasteiger partial charge on any atom is -0.339 e. The Bertz CT molecular complexity index is 466. The third-order valence-corrected chi connectivity index (χ3v) is 4.40. The summed E-state index contributed by atoms with van der Waals surface area (Å²) in [7, 11) is 0. The standard InChI is InChI=1S/C15H25N5/c1-3-19-9-5-14-13(11-19)12(2)17-15(18-14)20-8-4-6-16-7-10-20/h16H,3-11H2,1-2H3. The SMILES string of the molecule is CCN1CCc2nc(N3CCCNCC3)nc(C)c2C1. The number of likely N-dealkylation sites (N-methyl/N-ethyl adjacent to an activating group) is 1. The van der Waals surface area contributed by atoms with E-state index in [4.69, 9.17) is 9.97 Å². The number of hydrogen-bond donors (Lipinski definition) is 1. The van der Waals surface area contributed by atoms with E-state index in [0.29, 0.717) is 0 Å².